The molecule has 0 unspecified atom stereocenters. The van der Waals surface area contributed by atoms with Crippen LogP contribution in [0.1, 0.15) is 45.1 Å². The van der Waals surface area contributed by atoms with Crippen molar-refractivity contribution in [1.82, 2.24) is 10.6 Å². The first-order valence-electron chi connectivity index (χ1n) is 9.69. The first-order valence-corrected chi connectivity index (χ1v) is 9.69. The van der Waals surface area contributed by atoms with Gasteiger partial charge >= 0.3 is 12.0 Å². The fourth-order valence-electron chi connectivity index (χ4n) is 3.29. The Kier molecular flexibility index (Phi) is 8.23. The van der Waals surface area contributed by atoms with E-state index in [1.54, 1.807) is 0 Å². The molecule has 0 aromatic heterocycles. The molecule has 1 aliphatic rings. The van der Waals surface area contributed by atoms with Gasteiger partial charge in [-0.2, -0.15) is 0 Å². The Labute approximate surface area is 160 Å². The van der Waals surface area contributed by atoms with Crippen LogP contribution in [0.2, 0.25) is 0 Å². The van der Waals surface area contributed by atoms with E-state index in [0.717, 1.165) is 17.1 Å². The van der Waals surface area contributed by atoms with E-state index in [1.165, 1.54) is 0 Å². The van der Waals surface area contributed by atoms with Crippen molar-refractivity contribution >= 4 is 12.0 Å². The molecule has 1 aromatic carbocycles. The van der Waals surface area contributed by atoms with Crippen LogP contribution in [-0.4, -0.2) is 42.9 Å². The minimum atomic E-state index is -0.736. The van der Waals surface area contributed by atoms with Gasteiger partial charge in [-0.25, -0.2) is 4.79 Å². The molecule has 7 nitrogen and oxygen atoms in total. The highest BCUT2D eigenvalue weighted by atomic mass is 16.5. The summed E-state index contributed by atoms with van der Waals surface area (Å²) in [7, 11) is 0. The number of aliphatic carboxylic acids is 1. The monoisotopic (exact) mass is 378 g/mol. The number of nitrogens with one attached hydrogen (secondary N) is 2. The number of carboxylic acids is 1. The number of carbonyl (C=O) groups excluding carboxylic acids is 1. The lowest BCUT2D eigenvalue weighted by molar-refractivity contribution is -0.142. The summed E-state index contributed by atoms with van der Waals surface area (Å²) in [6.45, 7) is 5.51. The van der Waals surface area contributed by atoms with Gasteiger partial charge in [0.05, 0.1) is 19.1 Å². The quantitative estimate of drug-likeness (QED) is 0.614. The first kappa shape index (κ1) is 20.9. The van der Waals surface area contributed by atoms with Gasteiger partial charge in [-0.3, -0.25) is 4.79 Å². The third-order valence-electron chi connectivity index (χ3n) is 4.72. The molecule has 7 heteroatoms. The molecule has 0 atom stereocenters. The molecule has 150 valence electrons. The molecular formula is C20H30N2O5. The number of hydrogen-bond donors (Lipinski definition) is 3. The molecule has 1 aromatic rings. The molecule has 0 saturated heterocycles. The zero-order chi connectivity index (χ0) is 19.6. The summed E-state index contributed by atoms with van der Waals surface area (Å²) < 4.78 is 11.2. The van der Waals surface area contributed by atoms with Crippen LogP contribution in [0.15, 0.2) is 18.2 Å². The molecule has 0 radical (unpaired) electrons. The summed E-state index contributed by atoms with van der Waals surface area (Å²) in [4.78, 5) is 23.0. The Balaban J connectivity index is 1.74. The molecule has 27 heavy (non-hydrogen) atoms. The second-order valence-electron chi connectivity index (χ2n) is 6.68. The lowest BCUT2D eigenvalue weighted by atomic mass is 9.86. The Morgan fingerprint density at radius 3 is 2.37 bits per heavy atom. The number of urea groups is 1. The largest absolute Gasteiger partial charge is 0.490 e. The fraction of sp³-hybridized carbons (Fsp3) is 0.600. The number of rotatable bonds is 9. The van der Waals surface area contributed by atoms with Crippen LogP contribution in [0.5, 0.6) is 11.5 Å². The molecule has 0 heterocycles. The molecule has 0 aliphatic heterocycles. The Bertz CT molecular complexity index is 627. The minimum absolute atomic E-state index is 0.0515. The van der Waals surface area contributed by atoms with Crippen molar-refractivity contribution in [3.63, 3.8) is 0 Å². The molecular weight excluding hydrogens is 348 g/mol. The van der Waals surface area contributed by atoms with Crippen LogP contribution < -0.4 is 20.1 Å². The Hall–Kier alpha value is -2.44. The number of benzene rings is 1. The van der Waals surface area contributed by atoms with Crippen LogP contribution in [0.4, 0.5) is 4.79 Å². The molecule has 1 fully saturated rings. The lowest BCUT2D eigenvalue weighted by Crippen LogP contribution is -2.44. The standard InChI is InChI=1S/C20H30N2O5/c1-3-26-17-10-5-14(13-18(17)27-4-2)11-12-21-20(25)22-16-8-6-15(7-9-16)19(23)24/h5,10,13,15-16H,3-4,6-9,11-12H2,1-2H3,(H,23,24)(H2,21,22,25). The van der Waals surface area contributed by atoms with Crippen LogP contribution in [0, 0.1) is 5.92 Å². The molecule has 3 N–H and O–H groups in total. The van der Waals surface area contributed by atoms with E-state index < -0.39 is 5.97 Å². The number of carbonyl (C=O) groups is 2. The number of ether oxygens (including phenoxy) is 2. The average molecular weight is 378 g/mol. The number of carboxylic acid groups (broad SMARTS) is 1. The molecule has 2 amide bonds. The average Bonchev–Trinajstić information content (AvgIpc) is 2.64. The van der Waals surface area contributed by atoms with E-state index in [1.807, 2.05) is 32.0 Å². The van der Waals surface area contributed by atoms with Gasteiger partial charge in [0.15, 0.2) is 11.5 Å². The van der Waals surface area contributed by atoms with Gasteiger partial charge in [-0.05, 0) is 63.6 Å². The first-order chi connectivity index (χ1) is 13.0. The summed E-state index contributed by atoms with van der Waals surface area (Å²) in [5, 5.41) is 14.8. The van der Waals surface area contributed by atoms with Crippen molar-refractivity contribution in [3.8, 4) is 11.5 Å². The van der Waals surface area contributed by atoms with Gasteiger partial charge in [-0.1, -0.05) is 6.07 Å². The van der Waals surface area contributed by atoms with Crippen molar-refractivity contribution in [2.24, 2.45) is 5.92 Å². The molecule has 1 aliphatic carbocycles. The third kappa shape index (κ3) is 6.66. The summed E-state index contributed by atoms with van der Waals surface area (Å²) in [5.41, 5.74) is 1.06. The van der Waals surface area contributed by atoms with E-state index in [4.69, 9.17) is 14.6 Å². The fourth-order valence-corrected chi connectivity index (χ4v) is 3.29. The normalized spacial score (nSPS) is 19.2. The highest BCUT2D eigenvalue weighted by molar-refractivity contribution is 5.74. The second-order valence-corrected chi connectivity index (χ2v) is 6.68. The van der Waals surface area contributed by atoms with Gasteiger partial charge in [-0.15, -0.1) is 0 Å². The van der Waals surface area contributed by atoms with Gasteiger partial charge in [0.25, 0.3) is 0 Å². The summed E-state index contributed by atoms with van der Waals surface area (Å²) in [5.74, 6) is 0.437. The Morgan fingerprint density at radius 2 is 1.74 bits per heavy atom. The van der Waals surface area contributed by atoms with Crippen molar-refractivity contribution in [2.75, 3.05) is 19.8 Å². The van der Waals surface area contributed by atoms with E-state index in [-0.39, 0.29) is 18.0 Å². The van der Waals surface area contributed by atoms with Crippen molar-refractivity contribution in [2.45, 2.75) is 52.0 Å². The van der Waals surface area contributed by atoms with E-state index in [0.29, 0.717) is 51.9 Å². The predicted molar refractivity (Wildman–Crippen MR) is 102 cm³/mol. The molecule has 1 saturated carbocycles. The summed E-state index contributed by atoms with van der Waals surface area (Å²) >= 11 is 0. The highest BCUT2D eigenvalue weighted by Crippen LogP contribution is 2.28. The van der Waals surface area contributed by atoms with Crippen molar-refractivity contribution in [1.29, 1.82) is 0 Å². The smallest absolute Gasteiger partial charge is 0.315 e. The van der Waals surface area contributed by atoms with Gasteiger partial charge in [0.1, 0.15) is 0 Å². The Morgan fingerprint density at radius 1 is 1.07 bits per heavy atom. The van der Waals surface area contributed by atoms with Crippen molar-refractivity contribution in [3.05, 3.63) is 23.8 Å². The molecule has 2 rings (SSSR count). The molecule has 0 bridgehead atoms. The molecule has 0 spiro atoms. The van der Waals surface area contributed by atoms with Crippen LogP contribution in [0.25, 0.3) is 0 Å². The van der Waals surface area contributed by atoms with Crippen LogP contribution in [-0.2, 0) is 11.2 Å². The summed E-state index contributed by atoms with van der Waals surface area (Å²) in [6.07, 6.45) is 3.34. The maximum absolute atomic E-state index is 12.0. The highest BCUT2D eigenvalue weighted by Gasteiger charge is 2.26. The number of amides is 2. The second kappa shape index (κ2) is 10.6. The van der Waals surface area contributed by atoms with Gasteiger partial charge in [0, 0.05) is 12.6 Å². The lowest BCUT2D eigenvalue weighted by Gasteiger charge is -2.26. The zero-order valence-corrected chi connectivity index (χ0v) is 16.1. The maximum Gasteiger partial charge on any atom is 0.315 e. The predicted octanol–water partition coefficient (Wildman–Crippen LogP) is 2.97. The SMILES string of the molecule is CCOc1ccc(CCNC(=O)NC2CCC(C(=O)O)CC2)cc1OCC. The topological polar surface area (TPSA) is 96.9 Å². The maximum atomic E-state index is 12.0. The van der Waals surface area contributed by atoms with Crippen LogP contribution >= 0.6 is 0 Å². The van der Waals surface area contributed by atoms with E-state index in [9.17, 15) is 9.59 Å². The third-order valence-corrected chi connectivity index (χ3v) is 4.72. The zero-order valence-electron chi connectivity index (χ0n) is 16.1. The van der Waals surface area contributed by atoms with E-state index in [2.05, 4.69) is 10.6 Å². The number of hydrogen-bond acceptors (Lipinski definition) is 4. The van der Waals surface area contributed by atoms with Gasteiger partial charge < -0.3 is 25.2 Å². The minimum Gasteiger partial charge on any atom is -0.490 e. The van der Waals surface area contributed by atoms with Gasteiger partial charge in [0.2, 0.25) is 0 Å². The van der Waals surface area contributed by atoms with Crippen LogP contribution in [0.3, 0.4) is 0 Å². The van der Waals surface area contributed by atoms with Crippen molar-refractivity contribution < 1.29 is 24.2 Å². The summed E-state index contributed by atoms with van der Waals surface area (Å²) in [6, 6.07) is 5.66. The van der Waals surface area contributed by atoms with E-state index >= 15 is 0 Å².